The summed E-state index contributed by atoms with van der Waals surface area (Å²) < 4.78 is 19.6. The number of halogens is 1. The largest absolute Gasteiger partial charge is 0.496 e. The molecule has 3 aromatic rings. The topological polar surface area (TPSA) is 116 Å². The molecule has 0 aliphatic rings. The van der Waals surface area contributed by atoms with E-state index in [9.17, 15) is 24.1 Å². The normalized spacial score (nSPS) is 10.5. The summed E-state index contributed by atoms with van der Waals surface area (Å²) in [6, 6.07) is 6.08. The Morgan fingerprint density at radius 1 is 1.39 bits per heavy atom. The van der Waals surface area contributed by atoms with Gasteiger partial charge in [0.05, 0.1) is 23.9 Å². The van der Waals surface area contributed by atoms with Gasteiger partial charge in [-0.15, -0.1) is 11.3 Å². The molecule has 0 saturated carbocycles. The summed E-state index contributed by atoms with van der Waals surface area (Å²) in [5, 5.41) is 15.2. The molecule has 28 heavy (non-hydrogen) atoms. The molecule has 3 rings (SSSR count). The lowest BCUT2D eigenvalue weighted by molar-refractivity contribution is -0.385. The Morgan fingerprint density at radius 3 is 2.89 bits per heavy atom. The summed E-state index contributed by atoms with van der Waals surface area (Å²) in [7, 11) is 1.45. The molecule has 2 heterocycles. The molecule has 144 valence electrons. The number of carbonyl (C=O) groups excluding carboxylic acids is 1. The lowest BCUT2D eigenvalue weighted by Crippen LogP contribution is -2.26. The molecule has 1 amide bonds. The van der Waals surface area contributed by atoms with Crippen molar-refractivity contribution in [2.24, 2.45) is 0 Å². The summed E-state index contributed by atoms with van der Waals surface area (Å²) in [5.74, 6) is -0.623. The van der Waals surface area contributed by atoms with E-state index in [-0.39, 0.29) is 10.8 Å². The maximum Gasteiger partial charge on any atom is 0.285 e. The average molecular weight is 404 g/mol. The zero-order chi connectivity index (χ0) is 20.3. The Balaban J connectivity index is 1.77. The van der Waals surface area contributed by atoms with Gasteiger partial charge in [-0.3, -0.25) is 24.3 Å². The minimum Gasteiger partial charge on any atom is -0.496 e. The molecule has 1 N–H and O–H groups in total. The van der Waals surface area contributed by atoms with Gasteiger partial charge in [-0.1, -0.05) is 0 Å². The number of nitrogens with zero attached hydrogens (tertiary/aromatic N) is 3. The number of hydrogen-bond acceptors (Lipinski definition) is 7. The first-order valence-electron chi connectivity index (χ1n) is 7.81. The highest BCUT2D eigenvalue weighted by molar-refractivity contribution is 7.14. The Hall–Kier alpha value is -3.60. The first kappa shape index (κ1) is 19.2. The molecule has 0 radical (unpaired) electrons. The molecule has 0 fully saturated rings. The zero-order valence-corrected chi connectivity index (χ0v) is 15.2. The van der Waals surface area contributed by atoms with E-state index >= 15 is 0 Å². The minimum absolute atomic E-state index is 0.227. The summed E-state index contributed by atoms with van der Waals surface area (Å²) in [5.41, 5.74) is -0.0227. The van der Waals surface area contributed by atoms with Crippen LogP contribution in [0.15, 0.2) is 46.7 Å². The maximum absolute atomic E-state index is 13.5. The number of thiazole rings is 1. The van der Waals surface area contributed by atoms with Crippen LogP contribution in [-0.2, 0) is 11.3 Å². The third-order valence-electron chi connectivity index (χ3n) is 3.68. The summed E-state index contributed by atoms with van der Waals surface area (Å²) in [4.78, 5) is 38.3. The molecule has 1 aromatic carbocycles. The van der Waals surface area contributed by atoms with Gasteiger partial charge in [-0.05, 0) is 18.2 Å². The summed E-state index contributed by atoms with van der Waals surface area (Å²) >= 11 is 1.10. The number of nitrogens with one attached hydrogen (secondary N) is 1. The molecule has 0 bridgehead atoms. The van der Waals surface area contributed by atoms with Crippen LogP contribution in [0.25, 0.3) is 11.3 Å². The smallest absolute Gasteiger partial charge is 0.285 e. The van der Waals surface area contributed by atoms with Crippen molar-refractivity contribution in [3.63, 3.8) is 0 Å². The van der Waals surface area contributed by atoms with Gasteiger partial charge in [-0.25, -0.2) is 9.37 Å². The van der Waals surface area contributed by atoms with Crippen LogP contribution in [-0.4, -0.2) is 27.5 Å². The molecule has 2 aromatic heterocycles. The lowest BCUT2D eigenvalue weighted by atomic mass is 10.1. The average Bonchev–Trinajstić information content (AvgIpc) is 3.11. The van der Waals surface area contributed by atoms with Crippen molar-refractivity contribution >= 4 is 28.1 Å². The fraction of sp³-hybridized carbons (Fsp3) is 0.118. The molecule has 0 unspecified atom stereocenters. The number of nitro groups is 1. The highest BCUT2D eigenvalue weighted by Crippen LogP contribution is 2.32. The molecular weight excluding hydrogens is 391 g/mol. The van der Waals surface area contributed by atoms with Gasteiger partial charge < -0.3 is 10.1 Å². The molecule has 0 atom stereocenters. The Kier molecular flexibility index (Phi) is 5.45. The second kappa shape index (κ2) is 7.96. The van der Waals surface area contributed by atoms with Crippen molar-refractivity contribution in [1.82, 2.24) is 9.55 Å². The van der Waals surface area contributed by atoms with Crippen molar-refractivity contribution in [3.8, 4) is 17.0 Å². The number of methoxy groups -OCH3 is 1. The number of pyridine rings is 1. The van der Waals surface area contributed by atoms with Gasteiger partial charge in [0.25, 0.3) is 11.2 Å². The molecule has 9 nitrogen and oxygen atoms in total. The third-order valence-corrected chi connectivity index (χ3v) is 4.44. The van der Waals surface area contributed by atoms with E-state index in [1.807, 2.05) is 0 Å². The van der Waals surface area contributed by atoms with Crippen molar-refractivity contribution in [3.05, 3.63) is 68.2 Å². The third kappa shape index (κ3) is 4.20. The number of carbonyl (C=O) groups is 1. The number of ether oxygens (including phenoxy) is 1. The molecule has 0 spiro atoms. The second-order valence-corrected chi connectivity index (χ2v) is 6.40. The maximum atomic E-state index is 13.5. The quantitative estimate of drug-likeness (QED) is 0.499. The van der Waals surface area contributed by atoms with E-state index < -0.39 is 28.8 Å². The van der Waals surface area contributed by atoms with Crippen molar-refractivity contribution in [1.29, 1.82) is 0 Å². The van der Waals surface area contributed by atoms with Crippen LogP contribution in [0.3, 0.4) is 0 Å². The second-order valence-electron chi connectivity index (χ2n) is 5.54. The van der Waals surface area contributed by atoms with E-state index in [1.165, 1.54) is 25.3 Å². The predicted molar refractivity (Wildman–Crippen MR) is 100 cm³/mol. The van der Waals surface area contributed by atoms with Crippen molar-refractivity contribution in [2.75, 3.05) is 12.4 Å². The van der Waals surface area contributed by atoms with E-state index in [0.717, 1.165) is 34.2 Å². The van der Waals surface area contributed by atoms with E-state index in [2.05, 4.69) is 10.3 Å². The van der Waals surface area contributed by atoms with E-state index in [1.54, 1.807) is 5.38 Å². The van der Waals surface area contributed by atoms with Gasteiger partial charge in [-0.2, -0.15) is 0 Å². The van der Waals surface area contributed by atoms with Crippen molar-refractivity contribution in [2.45, 2.75) is 6.54 Å². The lowest BCUT2D eigenvalue weighted by Gasteiger charge is -2.06. The Labute approximate surface area is 161 Å². The number of anilines is 1. The van der Waals surface area contributed by atoms with Crippen LogP contribution >= 0.6 is 11.3 Å². The zero-order valence-electron chi connectivity index (χ0n) is 14.4. The SMILES string of the molecule is COc1ccc(F)cc1-c1csc(NC(=O)Cn2cc([N+](=O)[O-])ccc2=O)n1. The standard InChI is InChI=1S/C17H13FN4O5S/c1-27-14-4-2-10(18)6-12(14)13-9-28-17(19-13)20-15(23)8-21-7-11(22(25)26)3-5-16(21)24/h2-7,9H,8H2,1H3,(H,19,20,23). The number of amides is 1. The van der Waals surface area contributed by atoms with Crippen molar-refractivity contribution < 1.29 is 18.8 Å². The summed E-state index contributed by atoms with van der Waals surface area (Å²) in [6.07, 6.45) is 0.993. The Morgan fingerprint density at radius 2 is 2.18 bits per heavy atom. The number of aromatic nitrogens is 2. The fourth-order valence-electron chi connectivity index (χ4n) is 2.40. The van der Waals surface area contributed by atoms with Crippen LogP contribution in [0.2, 0.25) is 0 Å². The van der Waals surface area contributed by atoms with Gasteiger partial charge in [0.2, 0.25) is 5.91 Å². The van der Waals surface area contributed by atoms with E-state index in [0.29, 0.717) is 17.0 Å². The number of benzene rings is 1. The predicted octanol–water partition coefficient (Wildman–Crippen LogP) is 2.67. The first-order valence-corrected chi connectivity index (χ1v) is 8.69. The fourth-order valence-corrected chi connectivity index (χ4v) is 3.13. The molecule has 11 heteroatoms. The van der Waals surface area contributed by atoms with E-state index in [4.69, 9.17) is 4.74 Å². The first-order chi connectivity index (χ1) is 13.4. The van der Waals surface area contributed by atoms with Crippen LogP contribution in [0.4, 0.5) is 15.2 Å². The Bertz CT molecular complexity index is 1110. The van der Waals surface area contributed by atoms with Crippen LogP contribution < -0.4 is 15.6 Å². The van der Waals surface area contributed by atoms with Gasteiger partial charge >= 0.3 is 0 Å². The monoisotopic (exact) mass is 404 g/mol. The molecule has 0 aliphatic carbocycles. The molecular formula is C17H13FN4O5S. The molecule has 0 saturated heterocycles. The molecule has 0 aliphatic heterocycles. The number of hydrogen-bond donors (Lipinski definition) is 1. The van der Waals surface area contributed by atoms with Gasteiger partial charge in [0, 0.05) is 23.1 Å². The van der Waals surface area contributed by atoms with Crippen LogP contribution in [0, 0.1) is 15.9 Å². The van der Waals surface area contributed by atoms with Crippen LogP contribution in [0.5, 0.6) is 5.75 Å². The summed E-state index contributed by atoms with van der Waals surface area (Å²) in [6.45, 7) is -0.418. The number of rotatable bonds is 6. The van der Waals surface area contributed by atoms with Gasteiger partial charge in [0.1, 0.15) is 18.1 Å². The van der Waals surface area contributed by atoms with Gasteiger partial charge in [0.15, 0.2) is 5.13 Å². The van der Waals surface area contributed by atoms with Crippen LogP contribution in [0.1, 0.15) is 0 Å². The highest BCUT2D eigenvalue weighted by Gasteiger charge is 2.14. The highest BCUT2D eigenvalue weighted by atomic mass is 32.1. The minimum atomic E-state index is -0.659.